The van der Waals surface area contributed by atoms with Gasteiger partial charge in [-0.3, -0.25) is 4.79 Å². The van der Waals surface area contributed by atoms with Gasteiger partial charge in [-0.05, 0) is 36.3 Å². The highest BCUT2D eigenvalue weighted by Crippen LogP contribution is 2.18. The number of esters is 1. The van der Waals surface area contributed by atoms with E-state index in [0.29, 0.717) is 6.42 Å². The molecule has 16 heavy (non-hydrogen) atoms. The molecule has 1 aromatic rings. The van der Waals surface area contributed by atoms with Crippen LogP contribution in [0.2, 0.25) is 0 Å². The highest BCUT2D eigenvalue weighted by Gasteiger charge is 2.00. The van der Waals surface area contributed by atoms with E-state index in [1.807, 2.05) is 11.8 Å². The highest BCUT2D eigenvalue weighted by atomic mass is 32.2. The molecule has 0 atom stereocenters. The first-order valence-corrected chi connectivity index (χ1v) is 6.53. The fraction of sp³-hybridized carbons (Fsp3) is 0.462. The molecule has 0 saturated heterocycles. The molecule has 1 aromatic carbocycles. The highest BCUT2D eigenvalue weighted by molar-refractivity contribution is 7.99. The molecule has 0 unspecified atom stereocenters. The number of ether oxygens (including phenoxy) is 1. The van der Waals surface area contributed by atoms with Crippen LogP contribution in [-0.2, 0) is 16.0 Å². The molecule has 0 saturated carbocycles. The topological polar surface area (TPSA) is 26.3 Å². The van der Waals surface area contributed by atoms with Crippen LogP contribution in [0.5, 0.6) is 0 Å². The quantitative estimate of drug-likeness (QED) is 0.562. The van der Waals surface area contributed by atoms with Crippen molar-refractivity contribution in [2.45, 2.75) is 31.1 Å². The third kappa shape index (κ3) is 4.71. The predicted octanol–water partition coefficient (Wildman–Crippen LogP) is 3.29. The Morgan fingerprint density at radius 3 is 2.56 bits per heavy atom. The number of carbonyl (C=O) groups excluding carboxylic acids is 1. The summed E-state index contributed by atoms with van der Waals surface area (Å²) in [5.41, 5.74) is 1.28. The van der Waals surface area contributed by atoms with E-state index in [1.54, 1.807) is 0 Å². The number of methoxy groups -OCH3 is 1. The Bertz CT molecular complexity index is 319. The molecular weight excluding hydrogens is 220 g/mol. The maximum absolute atomic E-state index is 10.9. The first-order chi connectivity index (χ1) is 7.76. The zero-order valence-electron chi connectivity index (χ0n) is 9.86. The van der Waals surface area contributed by atoms with Gasteiger partial charge in [0.05, 0.1) is 7.11 Å². The molecular formula is C13H18O2S. The van der Waals surface area contributed by atoms with Crippen LogP contribution >= 0.6 is 11.8 Å². The standard InChI is InChI=1S/C13H18O2S/c1-3-16-12-9-7-11(8-10-12)5-4-6-13(14)15-2/h7-10H,3-6H2,1-2H3. The van der Waals surface area contributed by atoms with Gasteiger partial charge in [0.1, 0.15) is 0 Å². The van der Waals surface area contributed by atoms with Crippen LogP contribution in [0.3, 0.4) is 0 Å². The minimum Gasteiger partial charge on any atom is -0.469 e. The lowest BCUT2D eigenvalue weighted by molar-refractivity contribution is -0.140. The molecule has 88 valence electrons. The molecule has 0 heterocycles. The zero-order chi connectivity index (χ0) is 11.8. The van der Waals surface area contributed by atoms with Gasteiger partial charge in [0, 0.05) is 11.3 Å². The van der Waals surface area contributed by atoms with Crippen molar-refractivity contribution in [2.75, 3.05) is 12.9 Å². The van der Waals surface area contributed by atoms with E-state index >= 15 is 0 Å². The number of aryl methyl sites for hydroxylation is 1. The number of rotatable bonds is 6. The summed E-state index contributed by atoms with van der Waals surface area (Å²) >= 11 is 1.84. The molecule has 0 bridgehead atoms. The molecule has 0 aliphatic rings. The largest absolute Gasteiger partial charge is 0.469 e. The first-order valence-electron chi connectivity index (χ1n) is 5.54. The van der Waals surface area contributed by atoms with Crippen molar-refractivity contribution >= 4 is 17.7 Å². The molecule has 0 aromatic heterocycles. The second-order valence-corrected chi connectivity index (χ2v) is 4.84. The molecule has 0 radical (unpaired) electrons. The molecule has 3 heteroatoms. The molecule has 2 nitrogen and oxygen atoms in total. The van der Waals surface area contributed by atoms with Gasteiger partial charge >= 0.3 is 5.97 Å². The van der Waals surface area contributed by atoms with Crippen LogP contribution < -0.4 is 0 Å². The van der Waals surface area contributed by atoms with Crippen LogP contribution in [0.1, 0.15) is 25.3 Å². The molecule has 0 aliphatic carbocycles. The molecule has 0 fully saturated rings. The van der Waals surface area contributed by atoms with E-state index in [9.17, 15) is 4.79 Å². The summed E-state index contributed by atoms with van der Waals surface area (Å²) in [6.07, 6.45) is 2.29. The average Bonchev–Trinajstić information content (AvgIpc) is 2.31. The van der Waals surface area contributed by atoms with Crippen molar-refractivity contribution in [1.29, 1.82) is 0 Å². The second-order valence-electron chi connectivity index (χ2n) is 3.51. The lowest BCUT2D eigenvalue weighted by Gasteiger charge is -2.03. The van der Waals surface area contributed by atoms with E-state index < -0.39 is 0 Å². The van der Waals surface area contributed by atoms with E-state index in [-0.39, 0.29) is 5.97 Å². The SMILES string of the molecule is CCSc1ccc(CCCC(=O)OC)cc1. The molecule has 0 N–H and O–H groups in total. The van der Waals surface area contributed by atoms with Crippen LogP contribution in [0.25, 0.3) is 0 Å². The number of carbonyl (C=O) groups is 1. The number of hydrogen-bond acceptors (Lipinski definition) is 3. The number of thioether (sulfide) groups is 1. The Morgan fingerprint density at radius 2 is 2.00 bits per heavy atom. The Hall–Kier alpha value is -0.960. The monoisotopic (exact) mass is 238 g/mol. The van der Waals surface area contributed by atoms with E-state index in [2.05, 4.69) is 35.9 Å². The smallest absolute Gasteiger partial charge is 0.305 e. The fourth-order valence-electron chi connectivity index (χ4n) is 1.46. The second kappa shape index (κ2) is 7.34. The van der Waals surface area contributed by atoms with Crippen molar-refractivity contribution in [3.05, 3.63) is 29.8 Å². The van der Waals surface area contributed by atoms with Gasteiger partial charge in [-0.2, -0.15) is 0 Å². The Balaban J connectivity index is 2.34. The van der Waals surface area contributed by atoms with Gasteiger partial charge in [0.25, 0.3) is 0 Å². The summed E-state index contributed by atoms with van der Waals surface area (Å²) in [7, 11) is 1.43. The summed E-state index contributed by atoms with van der Waals surface area (Å²) in [5, 5.41) is 0. The minimum atomic E-state index is -0.127. The molecule has 0 spiro atoms. The minimum absolute atomic E-state index is 0.127. The van der Waals surface area contributed by atoms with Crippen molar-refractivity contribution < 1.29 is 9.53 Å². The normalized spacial score (nSPS) is 10.1. The van der Waals surface area contributed by atoms with E-state index in [0.717, 1.165) is 18.6 Å². The summed E-state index contributed by atoms with van der Waals surface area (Å²) in [5.74, 6) is 0.972. The van der Waals surface area contributed by atoms with Gasteiger partial charge in [-0.25, -0.2) is 0 Å². The van der Waals surface area contributed by atoms with Gasteiger partial charge in [0.15, 0.2) is 0 Å². The van der Waals surface area contributed by atoms with Crippen molar-refractivity contribution in [3.63, 3.8) is 0 Å². The van der Waals surface area contributed by atoms with Gasteiger partial charge in [-0.15, -0.1) is 11.8 Å². The first kappa shape index (κ1) is 13.1. The maximum Gasteiger partial charge on any atom is 0.305 e. The summed E-state index contributed by atoms with van der Waals surface area (Å²) < 4.78 is 4.60. The van der Waals surface area contributed by atoms with Crippen molar-refractivity contribution in [2.24, 2.45) is 0 Å². The van der Waals surface area contributed by atoms with Crippen LogP contribution in [0.4, 0.5) is 0 Å². The lowest BCUT2D eigenvalue weighted by Crippen LogP contribution is -2.00. The molecule has 0 amide bonds. The predicted molar refractivity (Wildman–Crippen MR) is 67.8 cm³/mol. The van der Waals surface area contributed by atoms with E-state index in [4.69, 9.17) is 0 Å². The number of hydrogen-bond donors (Lipinski definition) is 0. The Labute approximate surface area is 101 Å². The zero-order valence-corrected chi connectivity index (χ0v) is 10.7. The Morgan fingerprint density at radius 1 is 1.31 bits per heavy atom. The number of benzene rings is 1. The van der Waals surface area contributed by atoms with Crippen LogP contribution in [0.15, 0.2) is 29.2 Å². The maximum atomic E-state index is 10.9. The lowest BCUT2D eigenvalue weighted by atomic mass is 10.1. The molecule has 1 rings (SSSR count). The third-order valence-corrected chi connectivity index (χ3v) is 3.20. The summed E-state index contributed by atoms with van der Waals surface area (Å²) in [4.78, 5) is 12.2. The van der Waals surface area contributed by atoms with Gasteiger partial charge in [0.2, 0.25) is 0 Å². The van der Waals surface area contributed by atoms with Gasteiger partial charge < -0.3 is 4.74 Å². The average molecular weight is 238 g/mol. The van der Waals surface area contributed by atoms with Crippen LogP contribution in [0, 0.1) is 0 Å². The van der Waals surface area contributed by atoms with Gasteiger partial charge in [-0.1, -0.05) is 19.1 Å². The van der Waals surface area contributed by atoms with Crippen LogP contribution in [-0.4, -0.2) is 18.8 Å². The van der Waals surface area contributed by atoms with Crippen molar-refractivity contribution in [1.82, 2.24) is 0 Å². The Kier molecular flexibility index (Phi) is 6.01. The fourth-order valence-corrected chi connectivity index (χ4v) is 2.12. The third-order valence-electron chi connectivity index (χ3n) is 2.31. The summed E-state index contributed by atoms with van der Waals surface area (Å²) in [6, 6.07) is 8.55. The summed E-state index contributed by atoms with van der Waals surface area (Å²) in [6.45, 7) is 2.15. The van der Waals surface area contributed by atoms with E-state index in [1.165, 1.54) is 17.6 Å². The van der Waals surface area contributed by atoms with Crippen molar-refractivity contribution in [3.8, 4) is 0 Å². The molecule has 0 aliphatic heterocycles.